The van der Waals surface area contributed by atoms with Crippen LogP contribution >= 0.6 is 0 Å². The summed E-state index contributed by atoms with van der Waals surface area (Å²) < 4.78 is 0. The molecule has 1 saturated carbocycles. The van der Waals surface area contributed by atoms with E-state index in [2.05, 4.69) is 25.1 Å². The fourth-order valence-electron chi connectivity index (χ4n) is 3.90. The minimum atomic E-state index is 0.396. The third kappa shape index (κ3) is 2.01. The van der Waals surface area contributed by atoms with Gasteiger partial charge in [-0.1, -0.05) is 36.6 Å². The lowest BCUT2D eigenvalue weighted by Gasteiger charge is -2.35. The molecule has 1 aromatic rings. The average molecular weight is 229 g/mol. The molecule has 0 heterocycles. The molecular weight excluding hydrogens is 206 g/mol. The second kappa shape index (κ2) is 4.45. The molecule has 17 heavy (non-hydrogen) atoms. The predicted octanol–water partition coefficient (Wildman–Crippen LogP) is 3.54. The van der Waals surface area contributed by atoms with E-state index in [1.54, 1.807) is 11.1 Å². The lowest BCUT2D eigenvalue weighted by atomic mass is 9.72. The zero-order valence-corrected chi connectivity index (χ0v) is 10.8. The van der Waals surface area contributed by atoms with Crippen LogP contribution in [-0.4, -0.2) is 6.04 Å². The number of fused-ring (bicyclic) bond motifs is 1. The largest absolute Gasteiger partial charge is 0.327 e. The summed E-state index contributed by atoms with van der Waals surface area (Å²) in [7, 11) is 0. The zero-order valence-electron chi connectivity index (χ0n) is 10.8. The summed E-state index contributed by atoms with van der Waals surface area (Å²) in [5.74, 6) is 1.49. The van der Waals surface area contributed by atoms with E-state index >= 15 is 0 Å². The van der Waals surface area contributed by atoms with E-state index in [4.69, 9.17) is 5.73 Å². The van der Waals surface area contributed by atoms with Gasteiger partial charge in [-0.05, 0) is 49.7 Å². The summed E-state index contributed by atoms with van der Waals surface area (Å²) in [5, 5.41) is 0. The molecular formula is C16H23N. The van der Waals surface area contributed by atoms with Gasteiger partial charge in [0, 0.05) is 12.0 Å². The van der Waals surface area contributed by atoms with Gasteiger partial charge in [0.15, 0.2) is 0 Å². The first-order chi connectivity index (χ1) is 8.25. The number of hydrogen-bond donors (Lipinski definition) is 1. The predicted molar refractivity (Wildman–Crippen MR) is 72.2 cm³/mol. The van der Waals surface area contributed by atoms with Crippen LogP contribution in [-0.2, 0) is 6.42 Å². The highest BCUT2D eigenvalue weighted by molar-refractivity contribution is 5.38. The molecule has 2 unspecified atom stereocenters. The third-order valence-corrected chi connectivity index (χ3v) is 4.78. The van der Waals surface area contributed by atoms with Gasteiger partial charge in [-0.3, -0.25) is 0 Å². The number of benzene rings is 1. The van der Waals surface area contributed by atoms with Crippen molar-refractivity contribution in [3.8, 4) is 0 Å². The van der Waals surface area contributed by atoms with Crippen LogP contribution in [0.25, 0.3) is 0 Å². The van der Waals surface area contributed by atoms with Crippen LogP contribution in [0.1, 0.15) is 54.7 Å². The molecule has 2 aliphatic carbocycles. The summed E-state index contributed by atoms with van der Waals surface area (Å²) in [5.41, 5.74) is 11.0. The molecule has 2 atom stereocenters. The Labute approximate surface area is 104 Å². The maximum atomic E-state index is 6.42. The molecule has 0 bridgehead atoms. The van der Waals surface area contributed by atoms with Gasteiger partial charge < -0.3 is 5.73 Å². The van der Waals surface area contributed by atoms with Crippen molar-refractivity contribution in [1.82, 2.24) is 0 Å². The molecule has 1 fully saturated rings. The topological polar surface area (TPSA) is 26.0 Å². The Morgan fingerprint density at radius 1 is 1.12 bits per heavy atom. The van der Waals surface area contributed by atoms with Crippen LogP contribution in [0.2, 0.25) is 0 Å². The molecule has 0 spiro atoms. The van der Waals surface area contributed by atoms with Gasteiger partial charge in [0.1, 0.15) is 0 Å². The van der Waals surface area contributed by atoms with Crippen molar-refractivity contribution in [2.75, 3.05) is 0 Å². The standard InChI is InChI=1S/C16H23N/c1-11-6-7-12-8-9-15(17)16(14(12)10-11)13-4-2-3-5-13/h6-7,10,13,15-16H,2-5,8-9,17H2,1H3. The Kier molecular flexibility index (Phi) is 2.96. The van der Waals surface area contributed by atoms with Gasteiger partial charge in [0.25, 0.3) is 0 Å². The van der Waals surface area contributed by atoms with Gasteiger partial charge >= 0.3 is 0 Å². The zero-order chi connectivity index (χ0) is 11.8. The van der Waals surface area contributed by atoms with E-state index in [0.29, 0.717) is 12.0 Å². The molecule has 2 N–H and O–H groups in total. The minimum absolute atomic E-state index is 0.396. The first kappa shape index (κ1) is 11.3. The quantitative estimate of drug-likeness (QED) is 0.783. The minimum Gasteiger partial charge on any atom is -0.327 e. The number of nitrogens with two attached hydrogens (primary N) is 1. The summed E-state index contributed by atoms with van der Waals surface area (Å²) in [4.78, 5) is 0. The second-order valence-electron chi connectivity index (χ2n) is 5.98. The van der Waals surface area contributed by atoms with Crippen molar-refractivity contribution in [2.24, 2.45) is 11.7 Å². The molecule has 2 aliphatic rings. The average Bonchev–Trinajstić information content (AvgIpc) is 2.82. The van der Waals surface area contributed by atoms with E-state index < -0.39 is 0 Å². The Bertz CT molecular complexity index is 404. The monoisotopic (exact) mass is 229 g/mol. The Morgan fingerprint density at radius 3 is 2.65 bits per heavy atom. The Balaban J connectivity index is 1.99. The van der Waals surface area contributed by atoms with Gasteiger partial charge in [0.05, 0.1) is 0 Å². The van der Waals surface area contributed by atoms with Gasteiger partial charge in [-0.2, -0.15) is 0 Å². The normalized spacial score (nSPS) is 29.3. The van der Waals surface area contributed by atoms with Crippen LogP contribution in [0.5, 0.6) is 0 Å². The second-order valence-corrected chi connectivity index (χ2v) is 5.98. The maximum absolute atomic E-state index is 6.42. The summed E-state index contributed by atoms with van der Waals surface area (Å²) in [6.45, 7) is 2.20. The lowest BCUT2D eigenvalue weighted by Crippen LogP contribution is -2.36. The van der Waals surface area contributed by atoms with Crippen LogP contribution in [0.3, 0.4) is 0 Å². The first-order valence-corrected chi connectivity index (χ1v) is 7.11. The fraction of sp³-hybridized carbons (Fsp3) is 0.625. The van der Waals surface area contributed by atoms with E-state index in [0.717, 1.165) is 5.92 Å². The van der Waals surface area contributed by atoms with Crippen molar-refractivity contribution in [1.29, 1.82) is 0 Å². The highest BCUT2D eigenvalue weighted by Gasteiger charge is 2.34. The molecule has 1 nitrogen and oxygen atoms in total. The molecule has 92 valence electrons. The highest BCUT2D eigenvalue weighted by atomic mass is 14.7. The number of aryl methyl sites for hydroxylation is 2. The molecule has 0 saturated heterocycles. The van der Waals surface area contributed by atoms with Crippen molar-refractivity contribution in [3.63, 3.8) is 0 Å². The SMILES string of the molecule is Cc1ccc2c(c1)C(C1CCCC1)C(N)CC2. The Hall–Kier alpha value is -0.820. The molecule has 0 aromatic heterocycles. The summed E-state index contributed by atoms with van der Waals surface area (Å²) in [6.07, 6.45) is 7.97. The van der Waals surface area contributed by atoms with Crippen LogP contribution in [0.15, 0.2) is 18.2 Å². The van der Waals surface area contributed by atoms with Crippen molar-refractivity contribution >= 4 is 0 Å². The number of hydrogen-bond acceptors (Lipinski definition) is 1. The molecule has 1 aromatic carbocycles. The van der Waals surface area contributed by atoms with Gasteiger partial charge in [-0.25, -0.2) is 0 Å². The molecule has 0 radical (unpaired) electrons. The van der Waals surface area contributed by atoms with Crippen molar-refractivity contribution in [2.45, 2.75) is 57.4 Å². The molecule has 0 aliphatic heterocycles. The first-order valence-electron chi connectivity index (χ1n) is 7.11. The van der Waals surface area contributed by atoms with E-state index in [-0.39, 0.29) is 0 Å². The fourth-order valence-corrected chi connectivity index (χ4v) is 3.90. The number of rotatable bonds is 1. The smallest absolute Gasteiger partial charge is 0.0114 e. The van der Waals surface area contributed by atoms with Crippen LogP contribution < -0.4 is 5.73 Å². The third-order valence-electron chi connectivity index (χ3n) is 4.78. The van der Waals surface area contributed by atoms with Crippen LogP contribution in [0, 0.1) is 12.8 Å². The Morgan fingerprint density at radius 2 is 1.88 bits per heavy atom. The van der Waals surface area contributed by atoms with E-state index in [9.17, 15) is 0 Å². The van der Waals surface area contributed by atoms with Crippen LogP contribution in [0.4, 0.5) is 0 Å². The summed E-state index contributed by atoms with van der Waals surface area (Å²) >= 11 is 0. The summed E-state index contributed by atoms with van der Waals surface area (Å²) in [6, 6.07) is 7.38. The van der Waals surface area contributed by atoms with E-state index in [1.165, 1.54) is 44.1 Å². The maximum Gasteiger partial charge on any atom is 0.0114 e. The van der Waals surface area contributed by atoms with E-state index in [1.807, 2.05) is 0 Å². The lowest BCUT2D eigenvalue weighted by molar-refractivity contribution is 0.344. The van der Waals surface area contributed by atoms with Crippen molar-refractivity contribution < 1.29 is 0 Å². The molecule has 1 heteroatoms. The molecule has 0 amide bonds. The van der Waals surface area contributed by atoms with Gasteiger partial charge in [0.2, 0.25) is 0 Å². The van der Waals surface area contributed by atoms with Crippen molar-refractivity contribution in [3.05, 3.63) is 34.9 Å². The van der Waals surface area contributed by atoms with Gasteiger partial charge in [-0.15, -0.1) is 0 Å². The highest BCUT2D eigenvalue weighted by Crippen LogP contribution is 2.43. The molecule has 3 rings (SSSR count).